The Morgan fingerprint density at radius 2 is 1.72 bits per heavy atom. The van der Waals surface area contributed by atoms with E-state index in [0.717, 1.165) is 27.6 Å². The standard InChI is InChI=1S/C28H25N7O3S/c1-16-6-9-22(13-23(16)32-28-33-24(15-39-28)20-5-4-12-29-14-20)30-26(36)19-7-10-21(11-8-19)31-27(37)34-25-17(2)35-38-18(25)3/h4-15H,1-3H3,(H,30,36)(H,32,33)(H2,31,34,37). The first kappa shape index (κ1) is 25.6. The molecule has 0 saturated carbocycles. The van der Waals surface area contributed by atoms with Crippen molar-refractivity contribution in [2.75, 3.05) is 21.3 Å². The van der Waals surface area contributed by atoms with Gasteiger partial charge >= 0.3 is 6.03 Å². The van der Waals surface area contributed by atoms with Gasteiger partial charge in [-0.05, 0) is 74.9 Å². The van der Waals surface area contributed by atoms with Gasteiger partial charge in [0.05, 0.1) is 5.69 Å². The Kier molecular flexibility index (Phi) is 7.32. The summed E-state index contributed by atoms with van der Waals surface area (Å²) >= 11 is 1.49. The highest BCUT2D eigenvalue weighted by Crippen LogP contribution is 2.29. The molecule has 0 aliphatic carbocycles. The SMILES string of the molecule is Cc1ccc(NC(=O)c2ccc(NC(=O)Nc3c(C)noc3C)cc2)cc1Nc1nc(-c2cccnc2)cs1. The first-order valence-electron chi connectivity index (χ1n) is 12.0. The molecule has 0 atom stereocenters. The van der Waals surface area contributed by atoms with Gasteiger partial charge in [0, 0.05) is 46.0 Å². The molecule has 3 aromatic heterocycles. The fraction of sp³-hybridized carbons (Fsp3) is 0.107. The van der Waals surface area contributed by atoms with Gasteiger partial charge in [-0.1, -0.05) is 11.2 Å². The molecule has 5 rings (SSSR count). The van der Waals surface area contributed by atoms with Crippen LogP contribution in [0.25, 0.3) is 11.3 Å². The Hall–Kier alpha value is -5.03. The van der Waals surface area contributed by atoms with E-state index >= 15 is 0 Å². The molecule has 196 valence electrons. The van der Waals surface area contributed by atoms with Gasteiger partial charge in [-0.2, -0.15) is 0 Å². The number of amides is 3. The van der Waals surface area contributed by atoms with Crippen molar-refractivity contribution in [2.45, 2.75) is 20.8 Å². The molecule has 0 saturated heterocycles. The zero-order chi connectivity index (χ0) is 27.4. The van der Waals surface area contributed by atoms with E-state index in [4.69, 9.17) is 4.52 Å². The maximum atomic E-state index is 12.9. The van der Waals surface area contributed by atoms with Gasteiger partial charge in [-0.3, -0.25) is 9.78 Å². The quantitative estimate of drug-likeness (QED) is 0.179. The van der Waals surface area contributed by atoms with Gasteiger partial charge in [-0.25, -0.2) is 9.78 Å². The molecule has 0 spiro atoms. The van der Waals surface area contributed by atoms with Crippen LogP contribution in [0.15, 0.2) is 76.9 Å². The smallest absolute Gasteiger partial charge is 0.323 e. The van der Waals surface area contributed by atoms with Crippen molar-refractivity contribution in [3.63, 3.8) is 0 Å². The number of thiazole rings is 1. The number of pyridine rings is 1. The van der Waals surface area contributed by atoms with Crippen LogP contribution in [0, 0.1) is 20.8 Å². The van der Waals surface area contributed by atoms with Crippen LogP contribution in [0.2, 0.25) is 0 Å². The van der Waals surface area contributed by atoms with Gasteiger partial charge in [0.1, 0.15) is 11.4 Å². The summed E-state index contributed by atoms with van der Waals surface area (Å²) in [5, 5.41) is 18.2. The van der Waals surface area contributed by atoms with Crippen molar-refractivity contribution in [3.8, 4) is 11.3 Å². The fourth-order valence-electron chi connectivity index (χ4n) is 3.77. The number of carbonyl (C=O) groups is 2. The number of rotatable bonds is 7. The topological polar surface area (TPSA) is 134 Å². The molecule has 39 heavy (non-hydrogen) atoms. The number of urea groups is 1. The van der Waals surface area contributed by atoms with Gasteiger partial charge in [0.2, 0.25) is 0 Å². The molecule has 0 unspecified atom stereocenters. The molecule has 0 fully saturated rings. The minimum Gasteiger partial charge on any atom is -0.359 e. The number of anilines is 5. The molecule has 2 aromatic carbocycles. The second-order valence-corrected chi connectivity index (χ2v) is 9.60. The van der Waals surface area contributed by atoms with Crippen molar-refractivity contribution in [3.05, 3.63) is 95.0 Å². The van der Waals surface area contributed by atoms with Crippen molar-refractivity contribution in [2.24, 2.45) is 0 Å². The number of hydrogen-bond donors (Lipinski definition) is 4. The molecule has 3 heterocycles. The van der Waals surface area contributed by atoms with E-state index in [2.05, 4.69) is 36.4 Å². The highest BCUT2D eigenvalue weighted by Gasteiger charge is 2.13. The summed E-state index contributed by atoms with van der Waals surface area (Å²) in [6, 6.07) is 15.6. The summed E-state index contributed by atoms with van der Waals surface area (Å²) in [6.07, 6.45) is 3.50. The predicted octanol–water partition coefficient (Wildman–Crippen LogP) is 6.76. The molecule has 3 amide bonds. The minimum absolute atomic E-state index is 0.273. The Balaban J connectivity index is 1.21. The lowest BCUT2D eigenvalue weighted by Crippen LogP contribution is -2.20. The maximum absolute atomic E-state index is 12.9. The van der Waals surface area contributed by atoms with Crippen LogP contribution in [0.4, 0.5) is 32.7 Å². The fourth-order valence-corrected chi connectivity index (χ4v) is 4.51. The van der Waals surface area contributed by atoms with E-state index in [1.54, 1.807) is 50.5 Å². The van der Waals surface area contributed by atoms with Crippen LogP contribution in [-0.2, 0) is 0 Å². The van der Waals surface area contributed by atoms with Crippen LogP contribution in [-0.4, -0.2) is 27.1 Å². The maximum Gasteiger partial charge on any atom is 0.323 e. The number of aromatic nitrogens is 3. The highest BCUT2D eigenvalue weighted by atomic mass is 32.1. The van der Waals surface area contributed by atoms with Crippen molar-refractivity contribution in [1.29, 1.82) is 0 Å². The molecule has 11 heteroatoms. The number of nitrogens with one attached hydrogen (secondary N) is 4. The summed E-state index contributed by atoms with van der Waals surface area (Å²) in [4.78, 5) is 34.0. The molecule has 0 aliphatic rings. The summed E-state index contributed by atoms with van der Waals surface area (Å²) in [5.74, 6) is 0.245. The van der Waals surface area contributed by atoms with Gasteiger partial charge in [0.25, 0.3) is 5.91 Å². The lowest BCUT2D eigenvalue weighted by atomic mass is 10.1. The highest BCUT2D eigenvalue weighted by molar-refractivity contribution is 7.14. The van der Waals surface area contributed by atoms with E-state index in [-0.39, 0.29) is 5.91 Å². The molecule has 5 aromatic rings. The molecular weight excluding hydrogens is 514 g/mol. The summed E-state index contributed by atoms with van der Waals surface area (Å²) in [5.41, 5.74) is 6.37. The molecule has 10 nitrogen and oxygen atoms in total. The summed E-state index contributed by atoms with van der Waals surface area (Å²) < 4.78 is 5.05. The zero-order valence-corrected chi connectivity index (χ0v) is 22.2. The monoisotopic (exact) mass is 539 g/mol. The van der Waals surface area contributed by atoms with Crippen molar-refractivity contribution in [1.82, 2.24) is 15.1 Å². The zero-order valence-electron chi connectivity index (χ0n) is 21.4. The summed E-state index contributed by atoms with van der Waals surface area (Å²) in [7, 11) is 0. The van der Waals surface area contributed by atoms with E-state index in [0.29, 0.717) is 34.1 Å². The van der Waals surface area contributed by atoms with Crippen molar-refractivity contribution >= 4 is 51.2 Å². The number of nitrogens with zero attached hydrogens (tertiary/aromatic N) is 3. The molecular formula is C28H25N7O3S. The van der Waals surface area contributed by atoms with Crippen LogP contribution < -0.4 is 21.3 Å². The van der Waals surface area contributed by atoms with Crippen molar-refractivity contribution < 1.29 is 14.1 Å². The molecule has 4 N–H and O–H groups in total. The third kappa shape index (κ3) is 6.11. The molecule has 0 aliphatic heterocycles. The van der Waals surface area contributed by atoms with Crippen LogP contribution in [0.5, 0.6) is 0 Å². The Morgan fingerprint density at radius 1 is 0.923 bits per heavy atom. The minimum atomic E-state index is -0.436. The average Bonchev–Trinajstić information content (AvgIpc) is 3.53. The largest absolute Gasteiger partial charge is 0.359 e. The third-order valence-corrected chi connectivity index (χ3v) is 6.63. The van der Waals surface area contributed by atoms with Gasteiger partial charge in [0.15, 0.2) is 10.9 Å². The number of benzene rings is 2. The normalized spacial score (nSPS) is 10.6. The van der Waals surface area contributed by atoms with E-state index in [9.17, 15) is 9.59 Å². The summed E-state index contributed by atoms with van der Waals surface area (Å²) in [6.45, 7) is 5.44. The Bertz CT molecular complexity index is 1610. The first-order valence-corrected chi connectivity index (χ1v) is 12.9. The van der Waals surface area contributed by atoms with Gasteiger partial charge < -0.3 is 25.8 Å². The van der Waals surface area contributed by atoms with Gasteiger partial charge in [-0.15, -0.1) is 11.3 Å². The van der Waals surface area contributed by atoms with Crippen LogP contribution in [0.3, 0.4) is 0 Å². The molecule has 0 bridgehead atoms. The van der Waals surface area contributed by atoms with E-state index < -0.39 is 6.03 Å². The predicted molar refractivity (Wildman–Crippen MR) is 153 cm³/mol. The first-order chi connectivity index (χ1) is 18.9. The lowest BCUT2D eigenvalue weighted by molar-refractivity contribution is 0.102. The third-order valence-electron chi connectivity index (χ3n) is 5.88. The second kappa shape index (κ2) is 11.2. The number of aryl methyl sites for hydroxylation is 3. The molecule has 0 radical (unpaired) electrons. The lowest BCUT2D eigenvalue weighted by Gasteiger charge is -2.11. The van der Waals surface area contributed by atoms with E-state index in [1.807, 2.05) is 42.6 Å². The van der Waals surface area contributed by atoms with Crippen LogP contribution >= 0.6 is 11.3 Å². The number of hydrogen-bond acceptors (Lipinski definition) is 8. The van der Waals surface area contributed by atoms with Crippen LogP contribution in [0.1, 0.15) is 27.4 Å². The Morgan fingerprint density at radius 3 is 2.44 bits per heavy atom. The number of carbonyl (C=O) groups excluding carboxylic acids is 2. The Labute approximate surface area is 228 Å². The average molecular weight is 540 g/mol. The second-order valence-electron chi connectivity index (χ2n) is 8.74. The van der Waals surface area contributed by atoms with E-state index in [1.165, 1.54) is 11.3 Å².